The van der Waals surface area contributed by atoms with Gasteiger partial charge in [-0.05, 0) is 123 Å². The highest BCUT2D eigenvalue weighted by Gasteiger charge is 2.44. The summed E-state index contributed by atoms with van der Waals surface area (Å²) in [6, 6.07) is 77.4. The summed E-state index contributed by atoms with van der Waals surface area (Å²) in [7, 11) is 0. The minimum atomic E-state index is 0.0141. The monoisotopic (exact) mass is 881 g/mol. The highest BCUT2D eigenvalue weighted by Crippen LogP contribution is 2.51. The number of hydrogen-bond acceptors (Lipinski definition) is 4. The van der Waals surface area contributed by atoms with Gasteiger partial charge in [-0.1, -0.05) is 169 Å². The topological polar surface area (TPSA) is 9.72 Å². The Labute approximate surface area is 399 Å². The van der Waals surface area contributed by atoms with E-state index < -0.39 is 0 Å². The van der Waals surface area contributed by atoms with Crippen molar-refractivity contribution in [1.29, 1.82) is 0 Å². The third-order valence-corrected chi connectivity index (χ3v) is 15.1. The van der Waals surface area contributed by atoms with Crippen LogP contribution in [0.2, 0.25) is 0 Å². The Hall–Kier alpha value is -7.34. The molecule has 0 saturated heterocycles. The summed E-state index contributed by atoms with van der Waals surface area (Å²) >= 11 is 1.87. The molecule has 1 aromatic heterocycles. The lowest BCUT2D eigenvalue weighted by atomic mass is 9.33. The smallest absolute Gasteiger partial charge is 0.252 e. The van der Waals surface area contributed by atoms with Crippen molar-refractivity contribution < 1.29 is 0 Å². The van der Waals surface area contributed by atoms with E-state index in [9.17, 15) is 0 Å². The van der Waals surface area contributed by atoms with Crippen LogP contribution in [0.15, 0.2) is 206 Å². The standard InChI is InChI=1S/C62H52BN3S/c1-61(2,3)42-29-33-45(34-30-42)65-53-26-16-14-24-51(53)63-52-25-15-17-27-54(52)66(46-35-31-43(32-36-46)62(4,5)6)57-38-47(37-56(65)60(57)63)64(44-21-11-8-12-22-44)55-39-50-48-23-13-18-28-58(48)67-59(50)40-49(55)41-19-9-7-10-20-41/h7-40H,1-6H3. The van der Waals surface area contributed by atoms with Crippen molar-refractivity contribution >= 4 is 106 Å². The zero-order chi connectivity index (χ0) is 45.6. The quantitative estimate of drug-likeness (QED) is 0.154. The van der Waals surface area contributed by atoms with Gasteiger partial charge in [-0.15, -0.1) is 11.3 Å². The second-order valence-electron chi connectivity index (χ2n) is 20.2. The van der Waals surface area contributed by atoms with Gasteiger partial charge in [0.1, 0.15) is 0 Å². The molecule has 2 aliphatic heterocycles. The molecule has 10 aromatic rings. The van der Waals surface area contributed by atoms with E-state index in [0.29, 0.717) is 0 Å². The van der Waals surface area contributed by atoms with E-state index in [-0.39, 0.29) is 17.5 Å². The lowest BCUT2D eigenvalue weighted by Gasteiger charge is -2.45. The fourth-order valence-corrected chi connectivity index (χ4v) is 11.7. The van der Waals surface area contributed by atoms with E-state index in [4.69, 9.17) is 0 Å². The molecule has 0 fully saturated rings. The molecule has 0 amide bonds. The summed E-state index contributed by atoms with van der Waals surface area (Å²) in [5, 5.41) is 2.54. The molecule has 9 aromatic carbocycles. The van der Waals surface area contributed by atoms with E-state index in [1.165, 1.54) is 81.6 Å². The fourth-order valence-electron chi connectivity index (χ4n) is 10.6. The molecule has 3 nitrogen and oxygen atoms in total. The predicted octanol–water partition coefficient (Wildman–Crippen LogP) is 15.9. The van der Waals surface area contributed by atoms with Crippen molar-refractivity contribution in [2.45, 2.75) is 52.4 Å². The van der Waals surface area contributed by atoms with Crippen LogP contribution in [0.25, 0.3) is 31.3 Å². The number of hydrogen-bond donors (Lipinski definition) is 0. The number of thiophene rings is 1. The molecule has 2 aliphatic rings. The van der Waals surface area contributed by atoms with Crippen molar-refractivity contribution in [3.05, 3.63) is 217 Å². The molecule has 12 rings (SSSR count). The predicted molar refractivity (Wildman–Crippen MR) is 291 cm³/mol. The first-order valence-corrected chi connectivity index (χ1v) is 24.4. The molecule has 0 aliphatic carbocycles. The van der Waals surface area contributed by atoms with E-state index in [0.717, 1.165) is 28.4 Å². The first-order chi connectivity index (χ1) is 32.5. The Morgan fingerprint density at radius 1 is 0.418 bits per heavy atom. The second-order valence-corrected chi connectivity index (χ2v) is 21.3. The number of nitrogens with zero attached hydrogens (tertiary/aromatic N) is 3. The van der Waals surface area contributed by atoms with Gasteiger partial charge in [-0.3, -0.25) is 0 Å². The molecule has 0 atom stereocenters. The molecular weight excluding hydrogens is 830 g/mol. The van der Waals surface area contributed by atoms with Crippen LogP contribution < -0.4 is 31.1 Å². The van der Waals surface area contributed by atoms with Crippen LogP contribution in [0.3, 0.4) is 0 Å². The normalized spacial score (nSPS) is 13.1. The number of benzene rings is 9. The number of rotatable bonds is 6. The minimum absolute atomic E-state index is 0.0141. The summed E-state index contributed by atoms with van der Waals surface area (Å²) in [6.07, 6.45) is 0. The molecule has 0 N–H and O–H groups in total. The summed E-state index contributed by atoms with van der Waals surface area (Å²) in [4.78, 5) is 7.58. The van der Waals surface area contributed by atoms with Crippen LogP contribution in [-0.4, -0.2) is 6.71 Å². The highest BCUT2D eigenvalue weighted by molar-refractivity contribution is 7.25. The van der Waals surface area contributed by atoms with Gasteiger partial charge in [-0.2, -0.15) is 0 Å². The van der Waals surface area contributed by atoms with Crippen molar-refractivity contribution in [2.24, 2.45) is 0 Å². The van der Waals surface area contributed by atoms with Gasteiger partial charge in [-0.25, -0.2) is 0 Å². The van der Waals surface area contributed by atoms with Gasteiger partial charge in [0.15, 0.2) is 0 Å². The molecule has 0 bridgehead atoms. The average molecular weight is 882 g/mol. The second kappa shape index (κ2) is 15.6. The van der Waals surface area contributed by atoms with Crippen LogP contribution >= 0.6 is 11.3 Å². The Morgan fingerprint density at radius 3 is 1.46 bits per heavy atom. The summed E-state index contributed by atoms with van der Waals surface area (Å²) in [6.45, 7) is 13.8. The van der Waals surface area contributed by atoms with Crippen molar-refractivity contribution in [3.8, 4) is 11.1 Å². The molecule has 0 unspecified atom stereocenters. The molecule has 3 heterocycles. The molecule has 0 radical (unpaired) electrons. The molecule has 67 heavy (non-hydrogen) atoms. The van der Waals surface area contributed by atoms with Gasteiger partial charge in [0, 0.05) is 65.5 Å². The summed E-state index contributed by atoms with van der Waals surface area (Å²) in [5.74, 6) is 0. The zero-order valence-electron chi connectivity index (χ0n) is 39.0. The summed E-state index contributed by atoms with van der Waals surface area (Å²) in [5.41, 5.74) is 19.3. The van der Waals surface area contributed by atoms with Gasteiger partial charge in [0.05, 0.1) is 11.4 Å². The van der Waals surface area contributed by atoms with Crippen LogP contribution in [0.1, 0.15) is 52.7 Å². The molecule has 0 saturated carbocycles. The molecule has 5 heteroatoms. The van der Waals surface area contributed by atoms with Crippen LogP contribution in [0, 0.1) is 0 Å². The van der Waals surface area contributed by atoms with Crippen molar-refractivity contribution in [1.82, 2.24) is 0 Å². The van der Waals surface area contributed by atoms with Gasteiger partial charge >= 0.3 is 0 Å². The third-order valence-electron chi connectivity index (χ3n) is 13.9. The largest absolute Gasteiger partial charge is 0.311 e. The number of fused-ring (bicyclic) bond motifs is 7. The van der Waals surface area contributed by atoms with E-state index in [1.807, 2.05) is 11.3 Å². The van der Waals surface area contributed by atoms with Crippen LogP contribution in [0.5, 0.6) is 0 Å². The maximum Gasteiger partial charge on any atom is 0.252 e. The fraction of sp³-hybridized carbons (Fsp3) is 0.129. The Morgan fingerprint density at radius 2 is 0.910 bits per heavy atom. The SMILES string of the molecule is CC(C)(C)c1ccc(N2c3ccccc3B3c4ccccc4N(c4ccc(C(C)(C)C)cc4)c4cc(N(c5ccccc5)c5cc6c(cc5-c5ccccc5)sc5ccccc56)cc2c43)cc1. The first kappa shape index (κ1) is 41.1. The van der Waals surface area contributed by atoms with Gasteiger partial charge < -0.3 is 14.7 Å². The average Bonchev–Trinajstić information content (AvgIpc) is 3.71. The van der Waals surface area contributed by atoms with Crippen LogP contribution in [0.4, 0.5) is 51.2 Å². The maximum atomic E-state index is 2.53. The summed E-state index contributed by atoms with van der Waals surface area (Å²) < 4.78 is 2.57. The van der Waals surface area contributed by atoms with Crippen molar-refractivity contribution in [3.63, 3.8) is 0 Å². The Bertz CT molecular complexity index is 3360. The third kappa shape index (κ3) is 6.86. The maximum absolute atomic E-state index is 2.53. The van der Waals surface area contributed by atoms with E-state index in [1.54, 1.807) is 0 Å². The zero-order valence-corrected chi connectivity index (χ0v) is 39.8. The number of para-hydroxylation sites is 3. The Balaban J connectivity index is 1.20. The van der Waals surface area contributed by atoms with Crippen LogP contribution in [-0.2, 0) is 10.8 Å². The minimum Gasteiger partial charge on any atom is -0.311 e. The first-order valence-electron chi connectivity index (χ1n) is 23.5. The number of anilines is 9. The van der Waals surface area contributed by atoms with Gasteiger partial charge in [0.25, 0.3) is 6.71 Å². The van der Waals surface area contributed by atoms with Crippen molar-refractivity contribution in [2.75, 3.05) is 14.7 Å². The highest BCUT2D eigenvalue weighted by atomic mass is 32.1. The lowest BCUT2D eigenvalue weighted by molar-refractivity contribution is 0.590. The van der Waals surface area contributed by atoms with E-state index >= 15 is 0 Å². The Kier molecular flexibility index (Phi) is 9.60. The van der Waals surface area contributed by atoms with E-state index in [2.05, 4.69) is 262 Å². The van der Waals surface area contributed by atoms with Gasteiger partial charge in [0.2, 0.25) is 0 Å². The molecule has 0 spiro atoms. The molecular formula is C62H52BN3S. The molecule has 324 valence electrons. The lowest BCUT2D eigenvalue weighted by Crippen LogP contribution is -2.61.